The standard InChI is InChI=1S/C21H20F2N4O3S2/c1-13(20(28)24-16-9-10-32(29,30)12-16)31-21-26-25-19(14-5-3-2-4-6-14)27(21)18-8-7-15(22)11-17(18)23/h2-8,11,13,16H,9-10,12H2,1H3,(H,24,28)/t13-,16-/m1/s1. The Balaban J connectivity index is 1.64. The molecule has 11 heteroatoms. The summed E-state index contributed by atoms with van der Waals surface area (Å²) >= 11 is 1.05. The van der Waals surface area contributed by atoms with E-state index in [1.807, 2.05) is 6.07 Å². The van der Waals surface area contributed by atoms with Crippen molar-refractivity contribution >= 4 is 27.5 Å². The van der Waals surface area contributed by atoms with E-state index in [4.69, 9.17) is 0 Å². The van der Waals surface area contributed by atoms with Crippen molar-refractivity contribution in [3.8, 4) is 17.1 Å². The highest BCUT2D eigenvalue weighted by Gasteiger charge is 2.31. The van der Waals surface area contributed by atoms with Crippen LogP contribution in [0.1, 0.15) is 13.3 Å². The van der Waals surface area contributed by atoms with E-state index < -0.39 is 32.8 Å². The molecular formula is C21H20F2N4O3S2. The second kappa shape index (κ2) is 8.99. The molecule has 168 valence electrons. The molecule has 7 nitrogen and oxygen atoms in total. The van der Waals surface area contributed by atoms with E-state index in [0.717, 1.165) is 23.9 Å². The van der Waals surface area contributed by atoms with Gasteiger partial charge in [0, 0.05) is 17.7 Å². The van der Waals surface area contributed by atoms with Gasteiger partial charge in [-0.3, -0.25) is 9.36 Å². The van der Waals surface area contributed by atoms with Gasteiger partial charge in [0.25, 0.3) is 0 Å². The van der Waals surface area contributed by atoms with Crippen LogP contribution in [-0.4, -0.2) is 51.9 Å². The molecule has 1 aromatic heterocycles. The number of benzene rings is 2. The van der Waals surface area contributed by atoms with Crippen LogP contribution in [0.25, 0.3) is 17.1 Å². The van der Waals surface area contributed by atoms with Gasteiger partial charge in [-0.15, -0.1) is 10.2 Å². The van der Waals surface area contributed by atoms with Gasteiger partial charge in [-0.05, 0) is 25.5 Å². The van der Waals surface area contributed by atoms with Gasteiger partial charge >= 0.3 is 0 Å². The van der Waals surface area contributed by atoms with Gasteiger partial charge in [-0.1, -0.05) is 42.1 Å². The largest absolute Gasteiger partial charge is 0.351 e. The summed E-state index contributed by atoms with van der Waals surface area (Å²) < 4.78 is 52.9. The molecule has 3 aromatic rings. The van der Waals surface area contributed by atoms with Crippen molar-refractivity contribution in [3.63, 3.8) is 0 Å². The number of hydrogen-bond donors (Lipinski definition) is 1. The number of rotatable bonds is 6. The summed E-state index contributed by atoms with van der Waals surface area (Å²) in [5.74, 6) is -1.55. The van der Waals surface area contributed by atoms with Gasteiger partial charge < -0.3 is 5.32 Å². The topological polar surface area (TPSA) is 93.9 Å². The van der Waals surface area contributed by atoms with Gasteiger partial charge in [-0.2, -0.15) is 0 Å². The number of sulfone groups is 1. The first-order valence-corrected chi connectivity index (χ1v) is 12.6. The number of carbonyl (C=O) groups is 1. The lowest BCUT2D eigenvalue weighted by Crippen LogP contribution is -2.40. The smallest absolute Gasteiger partial charge is 0.233 e. The van der Waals surface area contributed by atoms with Crippen LogP contribution in [0.5, 0.6) is 0 Å². The molecule has 1 aliphatic rings. The maximum atomic E-state index is 14.7. The number of amides is 1. The summed E-state index contributed by atoms with van der Waals surface area (Å²) in [6.07, 6.45) is 0.376. The summed E-state index contributed by atoms with van der Waals surface area (Å²) in [6, 6.07) is 11.8. The Morgan fingerprint density at radius 1 is 1.19 bits per heavy atom. The van der Waals surface area contributed by atoms with Crippen molar-refractivity contribution in [1.82, 2.24) is 20.1 Å². The zero-order chi connectivity index (χ0) is 22.9. The molecule has 0 bridgehead atoms. The van der Waals surface area contributed by atoms with Gasteiger partial charge in [0.05, 0.1) is 22.4 Å². The van der Waals surface area contributed by atoms with Gasteiger partial charge in [0.15, 0.2) is 20.8 Å². The lowest BCUT2D eigenvalue weighted by molar-refractivity contribution is -0.120. The second-order valence-electron chi connectivity index (χ2n) is 7.47. The lowest BCUT2D eigenvalue weighted by Gasteiger charge is -2.16. The van der Waals surface area contributed by atoms with Crippen LogP contribution in [-0.2, 0) is 14.6 Å². The van der Waals surface area contributed by atoms with Crippen molar-refractivity contribution in [2.75, 3.05) is 11.5 Å². The molecule has 0 saturated carbocycles. The summed E-state index contributed by atoms with van der Waals surface area (Å²) in [4.78, 5) is 12.6. The number of halogens is 2. The molecule has 2 aromatic carbocycles. The fraction of sp³-hybridized carbons (Fsp3) is 0.286. The lowest BCUT2D eigenvalue weighted by atomic mass is 10.2. The van der Waals surface area contributed by atoms with Crippen molar-refractivity contribution in [3.05, 3.63) is 60.2 Å². The maximum Gasteiger partial charge on any atom is 0.233 e. The minimum atomic E-state index is -3.12. The molecule has 1 aliphatic heterocycles. The first-order chi connectivity index (χ1) is 15.2. The van der Waals surface area contributed by atoms with E-state index in [1.54, 1.807) is 31.2 Å². The van der Waals surface area contributed by atoms with Crippen LogP contribution in [0.4, 0.5) is 8.78 Å². The SMILES string of the molecule is C[C@@H](Sc1nnc(-c2ccccc2)n1-c1ccc(F)cc1F)C(=O)N[C@@H]1CCS(=O)(=O)C1. The number of nitrogens with zero attached hydrogens (tertiary/aromatic N) is 3. The van der Waals surface area contributed by atoms with Crippen molar-refractivity contribution in [2.45, 2.75) is 29.8 Å². The molecule has 0 radical (unpaired) electrons. The van der Waals surface area contributed by atoms with Crippen LogP contribution in [0, 0.1) is 11.6 Å². The van der Waals surface area contributed by atoms with E-state index in [0.29, 0.717) is 17.8 Å². The van der Waals surface area contributed by atoms with E-state index in [2.05, 4.69) is 15.5 Å². The summed E-state index contributed by atoms with van der Waals surface area (Å²) in [5, 5.41) is 10.7. The Morgan fingerprint density at radius 2 is 1.94 bits per heavy atom. The molecule has 4 rings (SSSR count). The molecule has 1 amide bonds. The molecule has 1 saturated heterocycles. The number of carbonyl (C=O) groups excluding carboxylic acids is 1. The fourth-order valence-electron chi connectivity index (χ4n) is 3.44. The normalized spacial score (nSPS) is 18.4. The Kier molecular flexibility index (Phi) is 6.29. The number of hydrogen-bond acceptors (Lipinski definition) is 6. The predicted octanol–water partition coefficient (Wildman–Crippen LogP) is 3.00. The minimum Gasteiger partial charge on any atom is -0.351 e. The van der Waals surface area contributed by atoms with Crippen LogP contribution < -0.4 is 5.32 Å². The molecule has 2 atom stereocenters. The average molecular weight is 479 g/mol. The molecule has 2 heterocycles. The molecule has 1 N–H and O–H groups in total. The molecule has 32 heavy (non-hydrogen) atoms. The highest BCUT2D eigenvalue weighted by Crippen LogP contribution is 2.31. The highest BCUT2D eigenvalue weighted by molar-refractivity contribution is 8.00. The highest BCUT2D eigenvalue weighted by atomic mass is 32.2. The zero-order valence-electron chi connectivity index (χ0n) is 17.0. The Bertz CT molecular complexity index is 1250. The monoisotopic (exact) mass is 478 g/mol. The molecule has 0 unspecified atom stereocenters. The van der Waals surface area contributed by atoms with Crippen LogP contribution in [0.15, 0.2) is 53.7 Å². The number of thioether (sulfide) groups is 1. The molecule has 0 spiro atoms. The van der Waals surface area contributed by atoms with Crippen LogP contribution in [0.3, 0.4) is 0 Å². The van der Waals surface area contributed by atoms with E-state index in [-0.39, 0.29) is 28.3 Å². The van der Waals surface area contributed by atoms with Crippen molar-refractivity contribution in [1.29, 1.82) is 0 Å². The molecular weight excluding hydrogens is 458 g/mol. The quantitative estimate of drug-likeness (QED) is 0.548. The molecule has 1 fully saturated rings. The second-order valence-corrected chi connectivity index (χ2v) is 11.0. The Labute approximate surface area is 188 Å². The third-order valence-electron chi connectivity index (χ3n) is 5.05. The summed E-state index contributed by atoms with van der Waals surface area (Å²) in [7, 11) is -3.12. The van der Waals surface area contributed by atoms with Gasteiger partial charge in [0.1, 0.15) is 11.6 Å². The number of nitrogens with one attached hydrogen (secondary N) is 1. The predicted molar refractivity (Wildman–Crippen MR) is 117 cm³/mol. The molecule has 0 aliphatic carbocycles. The van der Waals surface area contributed by atoms with Crippen molar-refractivity contribution in [2.24, 2.45) is 0 Å². The first kappa shape index (κ1) is 22.4. The Morgan fingerprint density at radius 3 is 2.59 bits per heavy atom. The average Bonchev–Trinajstić information content (AvgIpc) is 3.31. The first-order valence-electron chi connectivity index (χ1n) is 9.87. The summed E-state index contributed by atoms with van der Waals surface area (Å²) in [6.45, 7) is 1.64. The van der Waals surface area contributed by atoms with E-state index in [1.165, 1.54) is 10.6 Å². The summed E-state index contributed by atoms with van der Waals surface area (Å²) in [5.41, 5.74) is 0.719. The van der Waals surface area contributed by atoms with E-state index >= 15 is 0 Å². The maximum absolute atomic E-state index is 14.7. The number of aromatic nitrogens is 3. The van der Waals surface area contributed by atoms with Gasteiger partial charge in [0.2, 0.25) is 5.91 Å². The fourth-order valence-corrected chi connectivity index (χ4v) is 5.98. The van der Waals surface area contributed by atoms with E-state index in [9.17, 15) is 22.0 Å². The van der Waals surface area contributed by atoms with Gasteiger partial charge in [-0.25, -0.2) is 17.2 Å². The third kappa shape index (κ3) is 4.83. The van der Waals surface area contributed by atoms with Crippen molar-refractivity contribution < 1.29 is 22.0 Å². The van der Waals surface area contributed by atoms with Crippen LogP contribution in [0.2, 0.25) is 0 Å². The zero-order valence-corrected chi connectivity index (χ0v) is 18.7. The van der Waals surface area contributed by atoms with Crippen LogP contribution >= 0.6 is 11.8 Å². The Hall–Kier alpha value is -2.79. The third-order valence-corrected chi connectivity index (χ3v) is 7.86. The minimum absolute atomic E-state index is 0.0484.